The van der Waals surface area contributed by atoms with Crippen molar-refractivity contribution in [3.8, 4) is 0 Å². The van der Waals surface area contributed by atoms with E-state index in [1.165, 1.54) is 18.2 Å². The van der Waals surface area contributed by atoms with Gasteiger partial charge in [0.05, 0.1) is 5.56 Å². The zero-order chi connectivity index (χ0) is 14.2. The molecular weight excluding hydrogens is 344 g/mol. The molecule has 0 unspecified atom stereocenters. The van der Waals surface area contributed by atoms with Gasteiger partial charge >= 0.3 is 0 Å². The highest BCUT2D eigenvalue weighted by molar-refractivity contribution is 9.10. The van der Waals surface area contributed by atoms with Gasteiger partial charge in [0.2, 0.25) is 0 Å². The molecule has 0 saturated heterocycles. The molecule has 0 N–H and O–H groups in total. The Balaban J connectivity index is 2.56. The Morgan fingerprint density at radius 2 is 1.63 bits per heavy atom. The van der Waals surface area contributed by atoms with Gasteiger partial charge in [0.15, 0.2) is 5.78 Å². The zero-order valence-corrected chi connectivity index (χ0v) is 11.5. The lowest BCUT2D eigenvalue weighted by molar-refractivity contribution is 0.103. The highest BCUT2D eigenvalue weighted by Crippen LogP contribution is 2.26. The first kappa shape index (κ1) is 14.1. The van der Waals surface area contributed by atoms with Crippen LogP contribution in [0.1, 0.15) is 15.9 Å². The first-order chi connectivity index (χ1) is 8.90. The molecule has 0 fully saturated rings. The van der Waals surface area contributed by atoms with Crippen molar-refractivity contribution in [3.05, 3.63) is 68.4 Å². The van der Waals surface area contributed by atoms with E-state index >= 15 is 0 Å². The van der Waals surface area contributed by atoms with Gasteiger partial charge in [0.1, 0.15) is 17.5 Å². The standard InChI is InChI=1S/C13H5BrClF3O/c14-9-3-6(15)1-2-8(9)13(19)12-10(17)4-7(16)5-11(12)18/h1-5H. The van der Waals surface area contributed by atoms with Gasteiger partial charge in [-0.3, -0.25) is 4.79 Å². The largest absolute Gasteiger partial charge is 0.288 e. The van der Waals surface area contributed by atoms with E-state index in [2.05, 4.69) is 15.9 Å². The Morgan fingerprint density at radius 3 is 2.16 bits per heavy atom. The third-order valence-electron chi connectivity index (χ3n) is 2.41. The predicted molar refractivity (Wildman–Crippen MR) is 68.9 cm³/mol. The van der Waals surface area contributed by atoms with Crippen LogP contribution in [0.2, 0.25) is 5.02 Å². The van der Waals surface area contributed by atoms with Crippen molar-refractivity contribution in [1.82, 2.24) is 0 Å². The smallest absolute Gasteiger partial charge is 0.200 e. The van der Waals surface area contributed by atoms with Gasteiger partial charge < -0.3 is 0 Å². The van der Waals surface area contributed by atoms with E-state index in [9.17, 15) is 18.0 Å². The fourth-order valence-electron chi connectivity index (χ4n) is 1.57. The van der Waals surface area contributed by atoms with Crippen LogP contribution in [0, 0.1) is 17.5 Å². The summed E-state index contributed by atoms with van der Waals surface area (Å²) in [5.74, 6) is -4.46. The minimum Gasteiger partial charge on any atom is -0.288 e. The van der Waals surface area contributed by atoms with E-state index in [0.29, 0.717) is 21.6 Å². The number of carbonyl (C=O) groups excluding carboxylic acids is 1. The number of rotatable bonds is 2. The van der Waals surface area contributed by atoms with Gasteiger partial charge in [-0.2, -0.15) is 0 Å². The Morgan fingerprint density at radius 1 is 1.05 bits per heavy atom. The van der Waals surface area contributed by atoms with Gasteiger partial charge in [-0.25, -0.2) is 13.2 Å². The van der Waals surface area contributed by atoms with Gasteiger partial charge in [0.25, 0.3) is 0 Å². The van der Waals surface area contributed by atoms with Gasteiger partial charge in [0, 0.05) is 27.2 Å². The third kappa shape index (κ3) is 2.82. The molecule has 0 aliphatic heterocycles. The minimum absolute atomic E-state index is 0.0359. The maximum Gasteiger partial charge on any atom is 0.200 e. The fourth-order valence-corrected chi connectivity index (χ4v) is 2.43. The second-order valence-electron chi connectivity index (χ2n) is 3.70. The van der Waals surface area contributed by atoms with Gasteiger partial charge in [-0.1, -0.05) is 11.6 Å². The first-order valence-electron chi connectivity index (χ1n) is 5.04. The van der Waals surface area contributed by atoms with Crippen LogP contribution in [-0.2, 0) is 0 Å². The van der Waals surface area contributed by atoms with Crippen molar-refractivity contribution in [2.45, 2.75) is 0 Å². The summed E-state index contributed by atoms with van der Waals surface area (Å²) in [4.78, 5) is 12.1. The molecule has 2 rings (SSSR count). The molecule has 98 valence electrons. The predicted octanol–water partition coefficient (Wildman–Crippen LogP) is 4.75. The molecule has 0 atom stereocenters. The first-order valence-corrected chi connectivity index (χ1v) is 6.21. The third-order valence-corrected chi connectivity index (χ3v) is 3.30. The lowest BCUT2D eigenvalue weighted by Crippen LogP contribution is -2.09. The van der Waals surface area contributed by atoms with Crippen molar-refractivity contribution in [3.63, 3.8) is 0 Å². The molecule has 0 bridgehead atoms. The molecule has 0 radical (unpaired) electrons. The van der Waals surface area contributed by atoms with Crippen LogP contribution in [0.25, 0.3) is 0 Å². The molecule has 0 aliphatic carbocycles. The molecule has 6 heteroatoms. The normalized spacial score (nSPS) is 10.6. The lowest BCUT2D eigenvalue weighted by atomic mass is 10.0. The average molecular weight is 350 g/mol. The van der Waals surface area contributed by atoms with E-state index in [1.54, 1.807) is 0 Å². The highest BCUT2D eigenvalue weighted by Gasteiger charge is 2.22. The monoisotopic (exact) mass is 348 g/mol. The number of halogens is 5. The van der Waals surface area contributed by atoms with Crippen LogP contribution in [-0.4, -0.2) is 5.78 Å². The van der Waals surface area contributed by atoms with E-state index < -0.39 is 28.8 Å². The van der Waals surface area contributed by atoms with Crippen LogP contribution in [0.15, 0.2) is 34.8 Å². The van der Waals surface area contributed by atoms with E-state index in [4.69, 9.17) is 11.6 Å². The summed E-state index contributed by atoms with van der Waals surface area (Å²) in [5, 5.41) is 0.364. The molecule has 0 spiro atoms. The molecule has 0 heterocycles. The molecule has 2 aromatic carbocycles. The topological polar surface area (TPSA) is 17.1 Å². The summed E-state index contributed by atoms with van der Waals surface area (Å²) in [6, 6.07) is 5.09. The maximum absolute atomic E-state index is 13.5. The minimum atomic E-state index is -1.25. The Labute approximate surface area is 120 Å². The Kier molecular flexibility index (Phi) is 3.96. The summed E-state index contributed by atoms with van der Waals surface area (Å²) in [5.41, 5.74) is -0.766. The van der Waals surface area contributed by atoms with Crippen molar-refractivity contribution in [1.29, 1.82) is 0 Å². The van der Waals surface area contributed by atoms with Crippen molar-refractivity contribution in [2.24, 2.45) is 0 Å². The van der Waals surface area contributed by atoms with Crippen molar-refractivity contribution in [2.75, 3.05) is 0 Å². The second-order valence-corrected chi connectivity index (χ2v) is 4.99. The zero-order valence-electron chi connectivity index (χ0n) is 9.18. The fraction of sp³-hybridized carbons (Fsp3) is 0. The van der Waals surface area contributed by atoms with E-state index in [0.717, 1.165) is 0 Å². The van der Waals surface area contributed by atoms with Crippen LogP contribution in [0.3, 0.4) is 0 Å². The summed E-state index contributed by atoms with van der Waals surface area (Å²) in [7, 11) is 0. The quantitative estimate of drug-likeness (QED) is 0.715. The number of hydrogen-bond donors (Lipinski definition) is 0. The number of ketones is 1. The maximum atomic E-state index is 13.5. The molecule has 0 amide bonds. The van der Waals surface area contributed by atoms with Crippen molar-refractivity contribution < 1.29 is 18.0 Å². The summed E-state index contributed by atoms with van der Waals surface area (Å²) < 4.78 is 40.1. The SMILES string of the molecule is O=C(c1ccc(Cl)cc1Br)c1c(F)cc(F)cc1F. The molecule has 0 saturated carbocycles. The lowest BCUT2D eigenvalue weighted by Gasteiger charge is -2.07. The molecule has 0 aromatic heterocycles. The molecule has 1 nitrogen and oxygen atoms in total. The van der Waals surface area contributed by atoms with Crippen LogP contribution >= 0.6 is 27.5 Å². The average Bonchev–Trinajstić information content (AvgIpc) is 2.26. The Bertz CT molecular complexity index is 650. The number of carbonyl (C=O) groups is 1. The number of hydrogen-bond acceptors (Lipinski definition) is 1. The summed E-state index contributed by atoms with van der Waals surface area (Å²) in [6.07, 6.45) is 0. The summed E-state index contributed by atoms with van der Waals surface area (Å²) >= 11 is 8.80. The van der Waals surface area contributed by atoms with Crippen molar-refractivity contribution >= 4 is 33.3 Å². The highest BCUT2D eigenvalue weighted by atomic mass is 79.9. The van der Waals surface area contributed by atoms with E-state index in [-0.39, 0.29) is 5.56 Å². The van der Waals surface area contributed by atoms with E-state index in [1.807, 2.05) is 0 Å². The van der Waals surface area contributed by atoms with Gasteiger partial charge in [-0.15, -0.1) is 0 Å². The Hall–Kier alpha value is -1.33. The molecule has 0 aliphatic rings. The van der Waals surface area contributed by atoms with Crippen LogP contribution < -0.4 is 0 Å². The molecule has 2 aromatic rings. The van der Waals surface area contributed by atoms with Crippen LogP contribution in [0.4, 0.5) is 13.2 Å². The summed E-state index contributed by atoms with van der Waals surface area (Å²) in [6.45, 7) is 0. The second kappa shape index (κ2) is 5.35. The van der Waals surface area contributed by atoms with Crippen LogP contribution in [0.5, 0.6) is 0 Å². The molecular formula is C13H5BrClF3O. The number of benzene rings is 2. The molecule has 19 heavy (non-hydrogen) atoms. The van der Waals surface area contributed by atoms with Gasteiger partial charge in [-0.05, 0) is 34.1 Å².